The molecular formula is C42H52N4O10. The quantitative estimate of drug-likeness (QED) is 0.154. The molecule has 0 aromatic heterocycles. The highest BCUT2D eigenvalue weighted by molar-refractivity contribution is 5.95. The second kappa shape index (κ2) is 18.7. The summed E-state index contributed by atoms with van der Waals surface area (Å²) in [5.41, 5.74) is 4.15. The van der Waals surface area contributed by atoms with E-state index in [2.05, 4.69) is 10.6 Å². The first kappa shape index (κ1) is 43.0. The number of aliphatic carboxylic acids is 2. The molecule has 14 nitrogen and oxygen atoms in total. The second-order valence-electron chi connectivity index (χ2n) is 15.2. The van der Waals surface area contributed by atoms with Gasteiger partial charge < -0.3 is 40.1 Å². The Labute approximate surface area is 327 Å². The first-order valence-corrected chi connectivity index (χ1v) is 18.5. The minimum Gasteiger partial charge on any atom is -0.481 e. The number of benzene rings is 3. The van der Waals surface area contributed by atoms with E-state index in [1.165, 1.54) is 19.0 Å². The molecule has 56 heavy (non-hydrogen) atoms. The summed E-state index contributed by atoms with van der Waals surface area (Å²) in [6.45, 7) is 8.45. The van der Waals surface area contributed by atoms with Crippen molar-refractivity contribution in [2.24, 2.45) is 5.92 Å². The summed E-state index contributed by atoms with van der Waals surface area (Å²) < 4.78 is 11.7. The van der Waals surface area contributed by atoms with Gasteiger partial charge in [0.05, 0.1) is 18.6 Å². The second-order valence-corrected chi connectivity index (χ2v) is 15.2. The molecule has 0 bridgehead atoms. The zero-order valence-corrected chi connectivity index (χ0v) is 32.9. The van der Waals surface area contributed by atoms with Crippen LogP contribution >= 0.6 is 0 Å². The molecule has 1 aliphatic carbocycles. The van der Waals surface area contributed by atoms with Crippen molar-refractivity contribution in [1.82, 2.24) is 20.4 Å². The van der Waals surface area contributed by atoms with Crippen LogP contribution in [0.5, 0.6) is 0 Å². The Morgan fingerprint density at radius 1 is 0.750 bits per heavy atom. The van der Waals surface area contributed by atoms with Crippen LogP contribution in [0.25, 0.3) is 11.1 Å². The number of carboxylic acids is 2. The number of hydrogen-bond donors (Lipinski definition) is 4. The number of rotatable bonds is 17. The molecule has 0 spiro atoms. The summed E-state index contributed by atoms with van der Waals surface area (Å²) in [6, 6.07) is 19.3. The van der Waals surface area contributed by atoms with E-state index in [0.29, 0.717) is 5.56 Å². The van der Waals surface area contributed by atoms with Crippen LogP contribution in [-0.2, 0) is 39.9 Å². The maximum Gasteiger partial charge on any atom is 0.407 e. The van der Waals surface area contributed by atoms with Crippen molar-refractivity contribution in [2.45, 2.75) is 83.1 Å². The van der Waals surface area contributed by atoms with Crippen molar-refractivity contribution in [2.75, 3.05) is 27.3 Å². The lowest BCUT2D eigenvalue weighted by Gasteiger charge is -2.37. The molecule has 0 saturated heterocycles. The largest absolute Gasteiger partial charge is 0.481 e. The number of fused-ring (bicyclic) bond motifs is 3. The number of nitrogens with zero attached hydrogens (tertiary/aromatic N) is 2. The fourth-order valence-corrected chi connectivity index (χ4v) is 6.85. The molecule has 3 aromatic rings. The van der Waals surface area contributed by atoms with E-state index < -0.39 is 77.9 Å². The number of nitrogens with one attached hydrogen (secondary N) is 2. The number of carbonyl (C=O) groups is 6. The monoisotopic (exact) mass is 772 g/mol. The van der Waals surface area contributed by atoms with Crippen molar-refractivity contribution >= 4 is 35.8 Å². The number of ether oxygens (including phenoxy) is 2. The van der Waals surface area contributed by atoms with Crippen LogP contribution in [0.3, 0.4) is 0 Å². The van der Waals surface area contributed by atoms with Crippen LogP contribution < -0.4 is 10.6 Å². The molecular weight excluding hydrogens is 720 g/mol. The summed E-state index contributed by atoms with van der Waals surface area (Å²) >= 11 is 0. The smallest absolute Gasteiger partial charge is 0.407 e. The zero-order chi connectivity index (χ0) is 41.3. The lowest BCUT2D eigenvalue weighted by Crippen LogP contribution is -2.60. The number of amides is 4. The predicted molar refractivity (Wildman–Crippen MR) is 208 cm³/mol. The summed E-state index contributed by atoms with van der Waals surface area (Å²) in [6.07, 6.45) is -1.70. The van der Waals surface area contributed by atoms with E-state index in [1.54, 1.807) is 65.0 Å². The number of carbonyl (C=O) groups excluding carboxylic acids is 4. The van der Waals surface area contributed by atoms with Crippen molar-refractivity contribution in [3.63, 3.8) is 0 Å². The number of likely N-dealkylation sites (N-methyl/N-ethyl adjacent to an activating group) is 2. The molecule has 0 heterocycles. The fourth-order valence-electron chi connectivity index (χ4n) is 6.85. The Morgan fingerprint density at radius 3 is 1.82 bits per heavy atom. The van der Waals surface area contributed by atoms with Gasteiger partial charge >= 0.3 is 18.0 Å². The summed E-state index contributed by atoms with van der Waals surface area (Å²) in [5, 5.41) is 23.7. The van der Waals surface area contributed by atoms with Crippen LogP contribution in [0.2, 0.25) is 0 Å². The fraction of sp³-hybridized carbons (Fsp3) is 0.429. The van der Waals surface area contributed by atoms with E-state index >= 15 is 0 Å². The normalized spacial score (nSPS) is 14.4. The molecule has 0 fully saturated rings. The van der Waals surface area contributed by atoms with Gasteiger partial charge in [0.2, 0.25) is 17.7 Å². The van der Waals surface area contributed by atoms with Gasteiger partial charge in [0.1, 0.15) is 30.8 Å². The molecule has 1 aliphatic rings. The SMILES string of the molecule is CC(C)[C@@H](C(=O)N[C@@H](CC(=O)O)C(=O)O)N(C)C(=O)[C@H](Cc1ccccc1)N(C)C(=O)[C@H](COC(C)(C)C)NC(=O)OCC1c2ccccc2-c2ccccc21. The Bertz CT molecular complexity index is 1850. The Hall–Kier alpha value is -5.76. The predicted octanol–water partition coefficient (Wildman–Crippen LogP) is 4.31. The third kappa shape index (κ3) is 10.9. The van der Waals surface area contributed by atoms with Gasteiger partial charge in [-0.15, -0.1) is 0 Å². The van der Waals surface area contributed by atoms with Crippen molar-refractivity contribution in [1.29, 1.82) is 0 Å². The molecule has 3 aromatic carbocycles. The topological polar surface area (TPSA) is 192 Å². The molecule has 0 saturated carbocycles. The Morgan fingerprint density at radius 2 is 1.30 bits per heavy atom. The van der Waals surface area contributed by atoms with Gasteiger partial charge in [-0.25, -0.2) is 9.59 Å². The highest BCUT2D eigenvalue weighted by Gasteiger charge is 2.40. The van der Waals surface area contributed by atoms with Gasteiger partial charge in [0.25, 0.3) is 0 Å². The Balaban J connectivity index is 1.59. The molecule has 14 heteroatoms. The minimum absolute atomic E-state index is 0.00447. The van der Waals surface area contributed by atoms with Crippen molar-refractivity contribution in [3.8, 4) is 11.1 Å². The van der Waals surface area contributed by atoms with Gasteiger partial charge in [0.15, 0.2) is 0 Å². The van der Waals surface area contributed by atoms with Crippen LogP contribution in [0, 0.1) is 5.92 Å². The maximum atomic E-state index is 14.5. The molecule has 4 N–H and O–H groups in total. The molecule has 4 rings (SSSR count). The van der Waals surface area contributed by atoms with Gasteiger partial charge in [0, 0.05) is 26.4 Å². The van der Waals surface area contributed by atoms with E-state index in [9.17, 15) is 39.0 Å². The maximum absolute atomic E-state index is 14.5. The molecule has 4 atom stereocenters. The average Bonchev–Trinajstić information content (AvgIpc) is 3.46. The minimum atomic E-state index is -1.73. The Kier molecular flexibility index (Phi) is 14.4. The van der Waals surface area contributed by atoms with Gasteiger partial charge in [-0.1, -0.05) is 92.7 Å². The number of carboxylic acid groups (broad SMARTS) is 2. The third-order valence-electron chi connectivity index (χ3n) is 9.65. The summed E-state index contributed by atoms with van der Waals surface area (Å²) in [5.74, 6) is -5.93. The van der Waals surface area contributed by atoms with Crippen LogP contribution in [0.4, 0.5) is 4.79 Å². The van der Waals surface area contributed by atoms with E-state index in [4.69, 9.17) is 9.47 Å². The molecule has 300 valence electrons. The first-order valence-electron chi connectivity index (χ1n) is 18.5. The highest BCUT2D eigenvalue weighted by Crippen LogP contribution is 2.44. The van der Waals surface area contributed by atoms with Crippen LogP contribution in [0.1, 0.15) is 63.6 Å². The number of alkyl carbamates (subject to hydrolysis) is 1. The van der Waals surface area contributed by atoms with E-state index in [1.807, 2.05) is 48.5 Å². The van der Waals surface area contributed by atoms with Crippen molar-refractivity contribution < 1.29 is 48.5 Å². The van der Waals surface area contributed by atoms with Crippen LogP contribution in [0.15, 0.2) is 78.9 Å². The standard InChI is InChI=1S/C42H52N4O10/c1-25(2)36(37(49)43-32(40(52)53)22-35(47)48)46(7)39(51)34(21-26-15-9-8-10-16-26)45(6)38(50)33(24-56-42(3,4)5)44-41(54)55-23-31-29-19-13-11-17-27(29)28-18-12-14-20-30(28)31/h8-20,25,31-34,36H,21-24H2,1-7H3,(H,43,49)(H,44,54)(H,47,48)(H,52,53)/t32-,33-,34-,36-/m0/s1. The van der Waals surface area contributed by atoms with Gasteiger partial charge in [-0.05, 0) is 54.5 Å². The first-order chi connectivity index (χ1) is 26.4. The molecule has 4 amide bonds. The van der Waals surface area contributed by atoms with Crippen LogP contribution in [-0.4, -0.2) is 113 Å². The lowest BCUT2D eigenvalue weighted by molar-refractivity contribution is -0.152. The summed E-state index contributed by atoms with van der Waals surface area (Å²) in [4.78, 5) is 81.2. The summed E-state index contributed by atoms with van der Waals surface area (Å²) in [7, 11) is 2.79. The number of hydrogen-bond acceptors (Lipinski definition) is 8. The third-order valence-corrected chi connectivity index (χ3v) is 9.65. The van der Waals surface area contributed by atoms with Crippen molar-refractivity contribution in [3.05, 3.63) is 95.6 Å². The van der Waals surface area contributed by atoms with E-state index in [0.717, 1.165) is 27.2 Å². The van der Waals surface area contributed by atoms with Gasteiger partial charge in [-0.2, -0.15) is 0 Å². The lowest BCUT2D eigenvalue weighted by atomic mass is 9.98. The average molecular weight is 773 g/mol. The van der Waals surface area contributed by atoms with Gasteiger partial charge in [-0.3, -0.25) is 19.2 Å². The highest BCUT2D eigenvalue weighted by atomic mass is 16.6. The van der Waals surface area contributed by atoms with E-state index in [-0.39, 0.29) is 25.6 Å². The molecule has 0 aliphatic heterocycles. The molecule has 0 radical (unpaired) electrons. The molecule has 0 unspecified atom stereocenters. The zero-order valence-electron chi connectivity index (χ0n) is 32.9.